The summed E-state index contributed by atoms with van der Waals surface area (Å²) in [7, 11) is 4.37. The monoisotopic (exact) mass is 425 g/mol. The Morgan fingerprint density at radius 2 is 1.87 bits per heavy atom. The SMILES string of the molecule is CC1C2C=C(CN3C[C@]4(CC[C@](c5ccccc5)(N(C)C)CC4)NC3=O)C=C(Cl)C12. The molecule has 1 saturated heterocycles. The molecule has 3 atom stereocenters. The molecule has 3 fully saturated rings. The highest BCUT2D eigenvalue weighted by molar-refractivity contribution is 6.30. The number of benzene rings is 1. The highest BCUT2D eigenvalue weighted by Crippen LogP contribution is 2.55. The average molecular weight is 426 g/mol. The lowest BCUT2D eigenvalue weighted by atomic mass is 9.69. The fourth-order valence-electron chi connectivity index (χ4n) is 6.15. The maximum atomic E-state index is 12.8. The molecule has 4 aliphatic rings. The highest BCUT2D eigenvalue weighted by atomic mass is 35.5. The largest absolute Gasteiger partial charge is 0.331 e. The minimum atomic E-state index is -0.108. The Bertz CT molecular complexity index is 898. The Morgan fingerprint density at radius 3 is 2.50 bits per heavy atom. The number of urea groups is 1. The van der Waals surface area contributed by atoms with E-state index in [1.54, 1.807) is 0 Å². The Kier molecular flexibility index (Phi) is 4.79. The first-order valence-corrected chi connectivity index (χ1v) is 11.6. The van der Waals surface area contributed by atoms with Gasteiger partial charge >= 0.3 is 6.03 Å². The lowest BCUT2D eigenvalue weighted by Crippen LogP contribution is -2.54. The molecule has 4 nitrogen and oxygen atoms in total. The van der Waals surface area contributed by atoms with Gasteiger partial charge in [0.1, 0.15) is 0 Å². The fraction of sp³-hybridized carbons (Fsp3) is 0.560. The number of carbonyl (C=O) groups excluding carboxylic acids is 1. The molecular formula is C25H32ClN3O. The smallest absolute Gasteiger partial charge is 0.318 e. The van der Waals surface area contributed by atoms with Crippen molar-refractivity contribution in [3.63, 3.8) is 0 Å². The molecular weight excluding hydrogens is 394 g/mol. The normalized spacial score (nSPS) is 37.7. The summed E-state index contributed by atoms with van der Waals surface area (Å²) in [6, 6.07) is 10.9. The standard InChI is InChI=1S/C25H32ClN3O/c1-17-20-13-18(14-21(26)22(17)20)15-29-16-24(27-23(29)30)9-11-25(12-10-24,28(2)3)19-7-5-4-6-8-19/h4-8,13-14,17,20,22H,9-12,15-16H2,1-3H3,(H,27,30)/t17?,20?,22?,24-,25+. The second-order valence-electron chi connectivity index (χ2n) is 10.1. The van der Waals surface area contributed by atoms with E-state index in [0.29, 0.717) is 24.3 Å². The summed E-state index contributed by atoms with van der Waals surface area (Å²) in [6.45, 7) is 3.71. The number of amides is 2. The third-order valence-electron chi connectivity index (χ3n) is 8.22. The van der Waals surface area contributed by atoms with Crippen molar-refractivity contribution in [2.24, 2.45) is 17.8 Å². The molecule has 1 aliphatic heterocycles. The third-order valence-corrected chi connectivity index (χ3v) is 8.58. The quantitative estimate of drug-likeness (QED) is 0.757. The third kappa shape index (κ3) is 3.20. The second kappa shape index (κ2) is 7.13. The van der Waals surface area contributed by atoms with Crippen LogP contribution in [0.2, 0.25) is 0 Å². The van der Waals surface area contributed by atoms with E-state index >= 15 is 0 Å². The molecule has 1 aromatic carbocycles. The van der Waals surface area contributed by atoms with E-state index in [0.717, 1.165) is 37.3 Å². The summed E-state index contributed by atoms with van der Waals surface area (Å²) in [6.07, 6.45) is 8.53. The van der Waals surface area contributed by atoms with Crippen molar-refractivity contribution in [1.82, 2.24) is 15.1 Å². The van der Waals surface area contributed by atoms with Crippen molar-refractivity contribution in [1.29, 1.82) is 0 Å². The van der Waals surface area contributed by atoms with Crippen LogP contribution in [0.3, 0.4) is 0 Å². The summed E-state index contributed by atoms with van der Waals surface area (Å²) in [5.41, 5.74) is 2.51. The first kappa shape index (κ1) is 20.1. The van der Waals surface area contributed by atoms with Gasteiger partial charge in [-0.05, 0) is 68.8 Å². The van der Waals surface area contributed by atoms with E-state index in [-0.39, 0.29) is 17.1 Å². The molecule has 1 heterocycles. The second-order valence-corrected chi connectivity index (χ2v) is 10.5. The number of nitrogens with one attached hydrogen (secondary N) is 1. The van der Waals surface area contributed by atoms with Crippen LogP contribution in [0.15, 0.2) is 53.1 Å². The maximum absolute atomic E-state index is 12.8. The molecule has 30 heavy (non-hydrogen) atoms. The van der Waals surface area contributed by atoms with Crippen LogP contribution in [-0.2, 0) is 5.54 Å². The average Bonchev–Trinajstić information content (AvgIpc) is 3.28. The summed E-state index contributed by atoms with van der Waals surface area (Å²) < 4.78 is 0. The first-order chi connectivity index (χ1) is 14.3. The van der Waals surface area contributed by atoms with Gasteiger partial charge in [-0.15, -0.1) is 0 Å². The van der Waals surface area contributed by atoms with Crippen LogP contribution >= 0.6 is 11.6 Å². The lowest BCUT2D eigenvalue weighted by molar-refractivity contribution is 0.0623. The van der Waals surface area contributed by atoms with Crippen molar-refractivity contribution in [2.75, 3.05) is 27.2 Å². The first-order valence-electron chi connectivity index (χ1n) is 11.2. The molecule has 0 bridgehead atoms. The van der Waals surface area contributed by atoms with Crippen molar-refractivity contribution >= 4 is 17.6 Å². The van der Waals surface area contributed by atoms with Gasteiger partial charge in [-0.25, -0.2) is 4.79 Å². The summed E-state index contributed by atoms with van der Waals surface area (Å²) >= 11 is 6.48. The van der Waals surface area contributed by atoms with E-state index < -0.39 is 0 Å². The van der Waals surface area contributed by atoms with Gasteiger partial charge in [-0.3, -0.25) is 4.90 Å². The van der Waals surface area contributed by atoms with E-state index in [1.807, 2.05) is 4.90 Å². The Labute approximate surface area is 184 Å². The summed E-state index contributed by atoms with van der Waals surface area (Å²) in [4.78, 5) is 17.2. The van der Waals surface area contributed by atoms with Crippen LogP contribution in [0.1, 0.15) is 38.2 Å². The summed E-state index contributed by atoms with van der Waals surface area (Å²) in [5, 5.41) is 4.33. The highest BCUT2D eigenvalue weighted by Gasteiger charge is 2.51. The van der Waals surface area contributed by atoms with Gasteiger partial charge in [0.25, 0.3) is 0 Å². The van der Waals surface area contributed by atoms with E-state index in [2.05, 4.69) is 73.7 Å². The van der Waals surface area contributed by atoms with Crippen molar-refractivity contribution in [2.45, 2.75) is 43.7 Å². The maximum Gasteiger partial charge on any atom is 0.318 e. The predicted octanol–water partition coefficient (Wildman–Crippen LogP) is 4.73. The van der Waals surface area contributed by atoms with Crippen molar-refractivity contribution in [3.8, 4) is 0 Å². The number of hydrogen-bond acceptors (Lipinski definition) is 2. The zero-order valence-corrected chi connectivity index (χ0v) is 19.0. The molecule has 2 saturated carbocycles. The Hall–Kier alpha value is -1.78. The minimum Gasteiger partial charge on any atom is -0.331 e. The molecule has 0 aromatic heterocycles. The Morgan fingerprint density at radius 1 is 1.17 bits per heavy atom. The van der Waals surface area contributed by atoms with Gasteiger partial charge in [0.2, 0.25) is 0 Å². The van der Waals surface area contributed by atoms with Crippen LogP contribution in [0.25, 0.3) is 0 Å². The number of rotatable bonds is 4. The molecule has 1 aromatic rings. The van der Waals surface area contributed by atoms with Crippen LogP contribution < -0.4 is 5.32 Å². The number of halogens is 1. The van der Waals surface area contributed by atoms with Gasteiger partial charge in [0, 0.05) is 29.6 Å². The fourth-order valence-corrected chi connectivity index (χ4v) is 6.63. The number of allylic oxidation sites excluding steroid dienone is 2. The minimum absolute atomic E-state index is 0.0456. The molecule has 160 valence electrons. The molecule has 3 unspecified atom stereocenters. The van der Waals surface area contributed by atoms with Crippen molar-refractivity contribution < 1.29 is 4.79 Å². The summed E-state index contributed by atoms with van der Waals surface area (Å²) in [5.74, 6) is 1.73. The zero-order valence-electron chi connectivity index (χ0n) is 18.2. The van der Waals surface area contributed by atoms with E-state index in [4.69, 9.17) is 11.6 Å². The van der Waals surface area contributed by atoms with Gasteiger partial charge in [0.15, 0.2) is 0 Å². The molecule has 5 heteroatoms. The molecule has 1 N–H and O–H groups in total. The van der Waals surface area contributed by atoms with Gasteiger partial charge < -0.3 is 10.2 Å². The van der Waals surface area contributed by atoms with Crippen molar-refractivity contribution in [3.05, 3.63) is 58.7 Å². The topological polar surface area (TPSA) is 35.6 Å². The van der Waals surface area contributed by atoms with E-state index in [1.165, 1.54) is 11.1 Å². The predicted molar refractivity (Wildman–Crippen MR) is 121 cm³/mol. The molecule has 0 radical (unpaired) electrons. The molecule has 5 rings (SSSR count). The molecule has 2 amide bonds. The van der Waals surface area contributed by atoms with Crippen LogP contribution in [0, 0.1) is 17.8 Å². The molecule has 1 spiro atoms. The number of hydrogen-bond donors (Lipinski definition) is 1. The van der Waals surface area contributed by atoms with Crippen LogP contribution in [0.4, 0.5) is 4.79 Å². The zero-order chi connectivity index (χ0) is 21.1. The van der Waals surface area contributed by atoms with E-state index in [9.17, 15) is 4.79 Å². The Balaban J connectivity index is 1.29. The lowest BCUT2D eigenvalue weighted by Gasteiger charge is -2.48. The number of fused-ring (bicyclic) bond motifs is 1. The van der Waals surface area contributed by atoms with Crippen LogP contribution in [0.5, 0.6) is 0 Å². The van der Waals surface area contributed by atoms with Gasteiger partial charge in [-0.1, -0.05) is 54.9 Å². The number of nitrogens with zero attached hydrogens (tertiary/aromatic N) is 2. The number of carbonyl (C=O) groups is 1. The van der Waals surface area contributed by atoms with Crippen LogP contribution in [-0.4, -0.2) is 48.6 Å². The van der Waals surface area contributed by atoms with Gasteiger partial charge in [-0.2, -0.15) is 0 Å². The van der Waals surface area contributed by atoms with Gasteiger partial charge in [0.05, 0.1) is 5.54 Å². The molecule has 3 aliphatic carbocycles.